The first-order chi connectivity index (χ1) is 7.63. The molecule has 1 aromatic rings. The Bertz CT molecular complexity index is 449. The van der Waals surface area contributed by atoms with Gasteiger partial charge in [0.2, 0.25) is 0 Å². The maximum absolute atomic E-state index is 11.5. The standard InChI is InChI=1S/C11H11N3O2/c1-8-3-2-4-9(5-8)11(16)13-6-10(15)14-7-12/h2-5H,6H2,1H3,(H,13,16)(H,14,15). The molecule has 82 valence electrons. The van der Waals surface area contributed by atoms with Crippen LogP contribution in [0.4, 0.5) is 0 Å². The summed E-state index contributed by atoms with van der Waals surface area (Å²) < 4.78 is 0. The fraction of sp³-hybridized carbons (Fsp3) is 0.182. The van der Waals surface area contributed by atoms with E-state index in [9.17, 15) is 9.59 Å². The van der Waals surface area contributed by atoms with E-state index in [1.807, 2.05) is 18.3 Å². The van der Waals surface area contributed by atoms with E-state index in [1.54, 1.807) is 18.2 Å². The molecule has 5 heteroatoms. The first-order valence-electron chi connectivity index (χ1n) is 4.66. The Morgan fingerprint density at radius 2 is 2.19 bits per heavy atom. The summed E-state index contributed by atoms with van der Waals surface area (Å²) in [6, 6.07) is 7.01. The molecular weight excluding hydrogens is 206 g/mol. The average molecular weight is 217 g/mol. The predicted molar refractivity (Wildman–Crippen MR) is 57.3 cm³/mol. The molecule has 0 atom stereocenters. The van der Waals surface area contributed by atoms with Crippen LogP contribution in [0.15, 0.2) is 24.3 Å². The SMILES string of the molecule is Cc1cccc(C(=O)NCC(=O)NC#N)c1. The molecule has 0 aliphatic heterocycles. The largest absolute Gasteiger partial charge is 0.343 e. The van der Waals surface area contributed by atoms with Crippen LogP contribution in [0, 0.1) is 18.4 Å². The zero-order valence-corrected chi connectivity index (χ0v) is 8.78. The fourth-order valence-electron chi connectivity index (χ4n) is 1.16. The van der Waals surface area contributed by atoms with Gasteiger partial charge in [-0.15, -0.1) is 0 Å². The lowest BCUT2D eigenvalue weighted by molar-refractivity contribution is -0.119. The third-order valence-corrected chi connectivity index (χ3v) is 1.89. The van der Waals surface area contributed by atoms with Gasteiger partial charge in [0, 0.05) is 5.56 Å². The number of carbonyl (C=O) groups excluding carboxylic acids is 2. The third-order valence-electron chi connectivity index (χ3n) is 1.89. The number of nitriles is 1. The molecule has 0 aromatic heterocycles. The van der Waals surface area contributed by atoms with Crippen molar-refractivity contribution in [1.29, 1.82) is 5.26 Å². The minimum atomic E-state index is -0.538. The van der Waals surface area contributed by atoms with Crippen LogP contribution in [-0.4, -0.2) is 18.4 Å². The van der Waals surface area contributed by atoms with Crippen LogP contribution in [0.5, 0.6) is 0 Å². The number of hydrogen-bond acceptors (Lipinski definition) is 3. The van der Waals surface area contributed by atoms with Crippen LogP contribution in [0.3, 0.4) is 0 Å². The highest BCUT2D eigenvalue weighted by molar-refractivity contribution is 5.96. The zero-order valence-electron chi connectivity index (χ0n) is 8.78. The lowest BCUT2D eigenvalue weighted by Crippen LogP contribution is -2.34. The average Bonchev–Trinajstić information content (AvgIpc) is 2.26. The van der Waals surface area contributed by atoms with Crippen molar-refractivity contribution in [2.45, 2.75) is 6.92 Å². The Kier molecular flexibility index (Phi) is 4.04. The number of aryl methyl sites for hydroxylation is 1. The number of carbonyl (C=O) groups is 2. The molecular formula is C11H11N3O2. The molecule has 0 bridgehead atoms. The highest BCUT2D eigenvalue weighted by atomic mass is 16.2. The molecule has 0 fully saturated rings. The van der Waals surface area contributed by atoms with Crippen molar-refractivity contribution in [2.24, 2.45) is 0 Å². The first-order valence-corrected chi connectivity index (χ1v) is 4.66. The molecule has 0 saturated heterocycles. The summed E-state index contributed by atoms with van der Waals surface area (Å²) in [6.07, 6.45) is 1.49. The second-order valence-corrected chi connectivity index (χ2v) is 3.21. The van der Waals surface area contributed by atoms with E-state index in [0.29, 0.717) is 5.56 Å². The Balaban J connectivity index is 2.54. The van der Waals surface area contributed by atoms with Crippen LogP contribution in [0.1, 0.15) is 15.9 Å². The van der Waals surface area contributed by atoms with Crippen LogP contribution in [-0.2, 0) is 4.79 Å². The number of amides is 2. The number of benzene rings is 1. The van der Waals surface area contributed by atoms with Crippen LogP contribution < -0.4 is 10.6 Å². The monoisotopic (exact) mass is 217 g/mol. The molecule has 0 aliphatic carbocycles. The molecule has 5 nitrogen and oxygen atoms in total. The van der Waals surface area contributed by atoms with Gasteiger partial charge in [-0.1, -0.05) is 17.7 Å². The summed E-state index contributed by atoms with van der Waals surface area (Å²) in [4.78, 5) is 22.4. The van der Waals surface area contributed by atoms with Crippen molar-refractivity contribution >= 4 is 11.8 Å². The lowest BCUT2D eigenvalue weighted by Gasteiger charge is -2.03. The maximum Gasteiger partial charge on any atom is 0.252 e. The van der Waals surface area contributed by atoms with E-state index in [1.165, 1.54) is 6.19 Å². The van der Waals surface area contributed by atoms with E-state index in [-0.39, 0.29) is 12.5 Å². The molecule has 0 spiro atoms. The quantitative estimate of drug-likeness (QED) is 0.565. The van der Waals surface area contributed by atoms with Crippen molar-refractivity contribution in [3.05, 3.63) is 35.4 Å². The Morgan fingerprint density at radius 1 is 1.44 bits per heavy atom. The molecule has 0 saturated carbocycles. The van der Waals surface area contributed by atoms with E-state index in [0.717, 1.165) is 5.56 Å². The van der Waals surface area contributed by atoms with Gasteiger partial charge in [0.15, 0.2) is 6.19 Å². The summed E-state index contributed by atoms with van der Waals surface area (Å²) in [5.41, 5.74) is 1.46. The van der Waals surface area contributed by atoms with Gasteiger partial charge in [-0.2, -0.15) is 5.26 Å². The molecule has 16 heavy (non-hydrogen) atoms. The van der Waals surface area contributed by atoms with E-state index >= 15 is 0 Å². The fourth-order valence-corrected chi connectivity index (χ4v) is 1.16. The van der Waals surface area contributed by atoms with Crippen molar-refractivity contribution in [3.63, 3.8) is 0 Å². The molecule has 2 amide bonds. The lowest BCUT2D eigenvalue weighted by atomic mass is 10.1. The third kappa shape index (κ3) is 3.42. The topological polar surface area (TPSA) is 82.0 Å². The highest BCUT2D eigenvalue weighted by Gasteiger charge is 2.07. The highest BCUT2D eigenvalue weighted by Crippen LogP contribution is 2.03. The van der Waals surface area contributed by atoms with E-state index < -0.39 is 5.91 Å². The summed E-state index contributed by atoms with van der Waals surface area (Å²) in [6.45, 7) is 1.67. The van der Waals surface area contributed by atoms with Gasteiger partial charge in [-0.25, -0.2) is 0 Å². The normalized spacial score (nSPS) is 9.00. The van der Waals surface area contributed by atoms with Crippen LogP contribution >= 0.6 is 0 Å². The molecule has 0 unspecified atom stereocenters. The van der Waals surface area contributed by atoms with Gasteiger partial charge in [0.25, 0.3) is 11.8 Å². The summed E-state index contributed by atoms with van der Waals surface area (Å²) in [5.74, 6) is -0.875. The van der Waals surface area contributed by atoms with Gasteiger partial charge in [0.1, 0.15) is 0 Å². The molecule has 0 radical (unpaired) electrons. The van der Waals surface area contributed by atoms with E-state index in [4.69, 9.17) is 5.26 Å². The predicted octanol–water partition coefficient (Wildman–Crippen LogP) is 0.322. The second-order valence-electron chi connectivity index (χ2n) is 3.21. The van der Waals surface area contributed by atoms with Crippen molar-refractivity contribution < 1.29 is 9.59 Å². The Hall–Kier alpha value is -2.35. The molecule has 2 N–H and O–H groups in total. The van der Waals surface area contributed by atoms with Crippen molar-refractivity contribution in [1.82, 2.24) is 10.6 Å². The first kappa shape index (κ1) is 11.7. The maximum atomic E-state index is 11.5. The van der Waals surface area contributed by atoms with E-state index in [2.05, 4.69) is 5.32 Å². The summed E-state index contributed by atoms with van der Waals surface area (Å²) in [5, 5.41) is 12.5. The van der Waals surface area contributed by atoms with Crippen molar-refractivity contribution in [2.75, 3.05) is 6.54 Å². The van der Waals surface area contributed by atoms with Gasteiger partial charge in [-0.05, 0) is 19.1 Å². The number of hydrogen-bond donors (Lipinski definition) is 2. The number of nitrogens with zero attached hydrogens (tertiary/aromatic N) is 1. The van der Waals surface area contributed by atoms with Crippen molar-refractivity contribution in [3.8, 4) is 6.19 Å². The minimum Gasteiger partial charge on any atom is -0.343 e. The number of nitrogens with one attached hydrogen (secondary N) is 2. The number of rotatable bonds is 3. The molecule has 0 aliphatic rings. The van der Waals surface area contributed by atoms with Crippen LogP contribution in [0.2, 0.25) is 0 Å². The van der Waals surface area contributed by atoms with Gasteiger partial charge in [0.05, 0.1) is 6.54 Å². The van der Waals surface area contributed by atoms with Crippen LogP contribution in [0.25, 0.3) is 0 Å². The zero-order chi connectivity index (χ0) is 12.0. The minimum absolute atomic E-state index is 0.208. The smallest absolute Gasteiger partial charge is 0.252 e. The molecule has 1 rings (SSSR count). The summed E-state index contributed by atoms with van der Waals surface area (Å²) in [7, 11) is 0. The molecule has 0 heterocycles. The summed E-state index contributed by atoms with van der Waals surface area (Å²) >= 11 is 0. The van der Waals surface area contributed by atoms with Gasteiger partial charge in [-0.3, -0.25) is 14.9 Å². The molecule has 1 aromatic carbocycles. The van der Waals surface area contributed by atoms with Gasteiger partial charge < -0.3 is 5.32 Å². The van der Waals surface area contributed by atoms with Gasteiger partial charge >= 0.3 is 0 Å². The second kappa shape index (κ2) is 5.51. The Labute approximate surface area is 93.1 Å². The Morgan fingerprint density at radius 3 is 2.81 bits per heavy atom.